The Kier molecular flexibility index (Phi) is 3.24. The predicted octanol–water partition coefficient (Wildman–Crippen LogP) is 1.29. The summed E-state index contributed by atoms with van der Waals surface area (Å²) in [6.07, 6.45) is 1.13. The maximum atomic E-state index is 11.1. The lowest BCUT2D eigenvalue weighted by molar-refractivity contribution is 0.100. The zero-order chi connectivity index (χ0) is 11.5. The highest BCUT2D eigenvalue weighted by Crippen LogP contribution is 2.25. The van der Waals surface area contributed by atoms with Crippen molar-refractivity contribution >= 4 is 29.0 Å². The number of rotatable bonds is 3. The largest absolute Gasteiger partial charge is 0.397 e. The summed E-state index contributed by atoms with van der Waals surface area (Å²) in [5.41, 5.74) is 13.0. The number of carbonyl (C=O) groups excluding carboxylic acids is 1. The number of nitrogen functional groups attached to an aromatic ring is 1. The number of nitrogens with one attached hydrogen (secondary N) is 1. The van der Waals surface area contributed by atoms with E-state index in [1.54, 1.807) is 18.2 Å². The van der Waals surface area contributed by atoms with Crippen molar-refractivity contribution in [2.75, 3.05) is 22.6 Å². The van der Waals surface area contributed by atoms with E-state index >= 15 is 0 Å². The van der Waals surface area contributed by atoms with E-state index in [1.165, 1.54) is 5.75 Å². The molecule has 0 aromatic heterocycles. The number of carbonyl (C=O) groups is 1. The van der Waals surface area contributed by atoms with Gasteiger partial charge >= 0.3 is 0 Å². The van der Waals surface area contributed by atoms with Crippen LogP contribution in [0.25, 0.3) is 0 Å². The smallest absolute Gasteiger partial charge is 0.248 e. The molecule has 1 aliphatic rings. The minimum Gasteiger partial charge on any atom is -0.397 e. The molecule has 16 heavy (non-hydrogen) atoms. The molecule has 86 valence electrons. The van der Waals surface area contributed by atoms with Crippen LogP contribution >= 0.6 is 11.8 Å². The summed E-state index contributed by atoms with van der Waals surface area (Å²) in [5, 5.41) is 3.35. The molecule has 0 radical (unpaired) electrons. The molecule has 5 heteroatoms. The van der Waals surface area contributed by atoms with E-state index in [0.717, 1.165) is 17.9 Å². The second kappa shape index (κ2) is 4.65. The van der Waals surface area contributed by atoms with Gasteiger partial charge in [-0.15, -0.1) is 0 Å². The van der Waals surface area contributed by atoms with Gasteiger partial charge in [-0.1, -0.05) is 0 Å². The molecule has 0 aliphatic carbocycles. The summed E-state index contributed by atoms with van der Waals surface area (Å²) in [5.74, 6) is 1.83. The quantitative estimate of drug-likeness (QED) is 0.692. The monoisotopic (exact) mass is 237 g/mol. The molecular formula is C11H15N3OS. The van der Waals surface area contributed by atoms with Gasteiger partial charge in [0.1, 0.15) is 0 Å². The van der Waals surface area contributed by atoms with Gasteiger partial charge in [-0.2, -0.15) is 11.8 Å². The Morgan fingerprint density at radius 2 is 2.31 bits per heavy atom. The number of benzene rings is 1. The summed E-state index contributed by atoms with van der Waals surface area (Å²) < 4.78 is 0. The SMILES string of the molecule is NC(=O)c1ccc(N)c(NC2CCSC2)c1. The van der Waals surface area contributed by atoms with Gasteiger partial charge in [0.05, 0.1) is 11.4 Å². The molecule has 1 aromatic rings. The molecule has 1 fully saturated rings. The van der Waals surface area contributed by atoms with E-state index in [-0.39, 0.29) is 0 Å². The number of nitrogens with two attached hydrogens (primary N) is 2. The summed E-state index contributed by atoms with van der Waals surface area (Å²) in [4.78, 5) is 11.1. The Morgan fingerprint density at radius 1 is 1.50 bits per heavy atom. The first-order chi connectivity index (χ1) is 7.66. The van der Waals surface area contributed by atoms with Gasteiger partial charge in [-0.05, 0) is 30.4 Å². The van der Waals surface area contributed by atoms with Crippen LogP contribution < -0.4 is 16.8 Å². The Morgan fingerprint density at radius 3 is 2.94 bits per heavy atom. The van der Waals surface area contributed by atoms with E-state index in [0.29, 0.717) is 17.3 Å². The number of thioether (sulfide) groups is 1. The fourth-order valence-corrected chi connectivity index (χ4v) is 2.86. The zero-order valence-electron chi connectivity index (χ0n) is 8.90. The van der Waals surface area contributed by atoms with Crippen molar-refractivity contribution in [3.63, 3.8) is 0 Å². The molecule has 1 aromatic carbocycles. The van der Waals surface area contributed by atoms with Crippen LogP contribution in [-0.4, -0.2) is 23.5 Å². The van der Waals surface area contributed by atoms with Crippen LogP contribution in [-0.2, 0) is 0 Å². The van der Waals surface area contributed by atoms with Crippen LogP contribution in [0.3, 0.4) is 0 Å². The van der Waals surface area contributed by atoms with E-state index in [1.807, 2.05) is 11.8 Å². The topological polar surface area (TPSA) is 81.1 Å². The fraction of sp³-hybridized carbons (Fsp3) is 0.364. The number of primary amides is 1. The van der Waals surface area contributed by atoms with Gasteiger partial charge in [-0.3, -0.25) is 4.79 Å². The minimum atomic E-state index is -0.427. The molecule has 0 spiro atoms. The minimum absolute atomic E-state index is 0.427. The van der Waals surface area contributed by atoms with Crippen LogP contribution in [0, 0.1) is 0 Å². The molecule has 1 amide bonds. The second-order valence-corrected chi connectivity index (χ2v) is 5.02. The van der Waals surface area contributed by atoms with Crippen LogP contribution in [0.5, 0.6) is 0 Å². The van der Waals surface area contributed by atoms with Crippen molar-refractivity contribution in [3.8, 4) is 0 Å². The normalized spacial score (nSPS) is 19.6. The maximum Gasteiger partial charge on any atom is 0.248 e. The number of anilines is 2. The molecule has 2 rings (SSSR count). The van der Waals surface area contributed by atoms with Crippen molar-refractivity contribution in [2.45, 2.75) is 12.5 Å². The number of hydrogen-bond acceptors (Lipinski definition) is 4. The van der Waals surface area contributed by atoms with Gasteiger partial charge in [-0.25, -0.2) is 0 Å². The Bertz CT molecular complexity index is 402. The molecular weight excluding hydrogens is 222 g/mol. The van der Waals surface area contributed by atoms with Crippen molar-refractivity contribution < 1.29 is 4.79 Å². The standard InChI is InChI=1S/C11H15N3OS/c12-9-2-1-7(11(13)15)5-10(9)14-8-3-4-16-6-8/h1-2,5,8,14H,3-4,6,12H2,(H2,13,15). The van der Waals surface area contributed by atoms with Crippen LogP contribution in [0.2, 0.25) is 0 Å². The van der Waals surface area contributed by atoms with E-state index in [2.05, 4.69) is 5.32 Å². The summed E-state index contributed by atoms with van der Waals surface area (Å²) in [7, 11) is 0. The van der Waals surface area contributed by atoms with Gasteiger partial charge in [0.15, 0.2) is 0 Å². The van der Waals surface area contributed by atoms with Crippen LogP contribution in [0.4, 0.5) is 11.4 Å². The van der Waals surface area contributed by atoms with Crippen molar-refractivity contribution in [1.29, 1.82) is 0 Å². The predicted molar refractivity (Wildman–Crippen MR) is 68.7 cm³/mol. The molecule has 5 N–H and O–H groups in total. The zero-order valence-corrected chi connectivity index (χ0v) is 9.72. The first kappa shape index (κ1) is 11.1. The lowest BCUT2D eigenvalue weighted by atomic mass is 10.1. The summed E-state index contributed by atoms with van der Waals surface area (Å²) in [6, 6.07) is 5.52. The van der Waals surface area contributed by atoms with Crippen molar-refractivity contribution in [2.24, 2.45) is 5.73 Å². The van der Waals surface area contributed by atoms with Crippen molar-refractivity contribution in [1.82, 2.24) is 0 Å². The molecule has 1 heterocycles. The molecule has 1 aliphatic heterocycles. The highest BCUT2D eigenvalue weighted by Gasteiger charge is 2.16. The van der Waals surface area contributed by atoms with Crippen LogP contribution in [0.1, 0.15) is 16.8 Å². The summed E-state index contributed by atoms with van der Waals surface area (Å²) >= 11 is 1.92. The molecule has 1 saturated heterocycles. The highest BCUT2D eigenvalue weighted by atomic mass is 32.2. The Labute approximate surface area is 98.8 Å². The number of hydrogen-bond donors (Lipinski definition) is 3. The van der Waals surface area contributed by atoms with E-state index in [4.69, 9.17) is 11.5 Å². The van der Waals surface area contributed by atoms with Gasteiger partial charge < -0.3 is 16.8 Å². The lowest BCUT2D eigenvalue weighted by Crippen LogP contribution is -2.20. The number of amides is 1. The van der Waals surface area contributed by atoms with Gasteiger partial charge in [0.25, 0.3) is 0 Å². The maximum absolute atomic E-state index is 11.1. The van der Waals surface area contributed by atoms with Crippen LogP contribution in [0.15, 0.2) is 18.2 Å². The third-order valence-electron chi connectivity index (χ3n) is 2.63. The molecule has 4 nitrogen and oxygen atoms in total. The highest BCUT2D eigenvalue weighted by molar-refractivity contribution is 7.99. The Hall–Kier alpha value is -1.36. The summed E-state index contributed by atoms with van der Waals surface area (Å²) in [6.45, 7) is 0. The first-order valence-electron chi connectivity index (χ1n) is 5.20. The molecule has 0 saturated carbocycles. The third-order valence-corrected chi connectivity index (χ3v) is 3.79. The lowest BCUT2D eigenvalue weighted by Gasteiger charge is -2.15. The second-order valence-electron chi connectivity index (χ2n) is 3.87. The average Bonchev–Trinajstić information content (AvgIpc) is 2.73. The molecule has 0 bridgehead atoms. The van der Waals surface area contributed by atoms with E-state index < -0.39 is 5.91 Å². The Balaban J connectivity index is 2.17. The molecule has 1 atom stereocenters. The van der Waals surface area contributed by atoms with E-state index in [9.17, 15) is 4.79 Å². The van der Waals surface area contributed by atoms with Gasteiger partial charge in [0, 0.05) is 17.4 Å². The van der Waals surface area contributed by atoms with Gasteiger partial charge in [0.2, 0.25) is 5.91 Å². The third kappa shape index (κ3) is 2.41. The fourth-order valence-electron chi connectivity index (χ4n) is 1.70. The average molecular weight is 237 g/mol. The van der Waals surface area contributed by atoms with Crippen molar-refractivity contribution in [3.05, 3.63) is 23.8 Å². The molecule has 1 unspecified atom stereocenters. The first-order valence-corrected chi connectivity index (χ1v) is 6.36.